The Balaban J connectivity index is 3.84. The molecular formula is C8H13F3O4S. The van der Waals surface area contributed by atoms with Gasteiger partial charge in [-0.25, -0.2) is 8.42 Å². The second-order valence-corrected chi connectivity index (χ2v) is 5.51. The van der Waals surface area contributed by atoms with E-state index in [9.17, 15) is 26.4 Å². The lowest BCUT2D eigenvalue weighted by Gasteiger charge is -2.07. The Kier molecular flexibility index (Phi) is 5.77. The van der Waals surface area contributed by atoms with Crippen molar-refractivity contribution in [2.45, 2.75) is 25.9 Å². The molecule has 0 spiro atoms. The molecule has 0 aromatic heterocycles. The molecule has 16 heavy (non-hydrogen) atoms. The number of carbonyl (C=O) groups excluding carboxylic acids is 1. The number of hydrogen-bond acceptors (Lipinski definition) is 4. The first-order valence-corrected chi connectivity index (χ1v) is 6.35. The molecular weight excluding hydrogens is 249 g/mol. The zero-order valence-electron chi connectivity index (χ0n) is 8.71. The molecule has 0 aliphatic rings. The van der Waals surface area contributed by atoms with Crippen LogP contribution in [0.5, 0.6) is 0 Å². The summed E-state index contributed by atoms with van der Waals surface area (Å²) in [5, 5.41) is 0. The largest absolute Gasteiger partial charge is 0.466 e. The Morgan fingerprint density at radius 1 is 1.25 bits per heavy atom. The molecule has 0 aliphatic carbocycles. The average molecular weight is 262 g/mol. The highest BCUT2D eigenvalue weighted by Crippen LogP contribution is 2.20. The lowest BCUT2D eigenvalue weighted by Crippen LogP contribution is -2.19. The minimum absolute atomic E-state index is 0.0137. The molecule has 0 atom stereocenters. The Bertz CT molecular complexity index is 321. The van der Waals surface area contributed by atoms with Crippen molar-refractivity contribution in [1.82, 2.24) is 0 Å². The van der Waals surface area contributed by atoms with E-state index in [2.05, 4.69) is 4.74 Å². The second-order valence-electron chi connectivity index (χ2n) is 3.21. The van der Waals surface area contributed by atoms with Gasteiger partial charge in [0.25, 0.3) is 0 Å². The molecule has 0 saturated heterocycles. The van der Waals surface area contributed by atoms with E-state index in [1.54, 1.807) is 0 Å². The maximum Gasteiger partial charge on any atom is 0.390 e. The van der Waals surface area contributed by atoms with Crippen LogP contribution in [0, 0.1) is 0 Å². The Morgan fingerprint density at radius 3 is 2.25 bits per heavy atom. The SMILES string of the molecule is CC(=O)OCCCS(=O)(=O)CCC(F)(F)F. The quantitative estimate of drug-likeness (QED) is 0.535. The van der Waals surface area contributed by atoms with Crippen LogP contribution in [0.25, 0.3) is 0 Å². The third-order valence-corrected chi connectivity index (χ3v) is 3.34. The maximum absolute atomic E-state index is 11.7. The first-order valence-electron chi connectivity index (χ1n) is 4.53. The first kappa shape index (κ1) is 15.2. The van der Waals surface area contributed by atoms with E-state index < -0.39 is 39.9 Å². The van der Waals surface area contributed by atoms with E-state index in [-0.39, 0.29) is 13.0 Å². The van der Waals surface area contributed by atoms with Gasteiger partial charge < -0.3 is 4.74 Å². The van der Waals surface area contributed by atoms with Gasteiger partial charge in [-0.2, -0.15) is 13.2 Å². The summed E-state index contributed by atoms with van der Waals surface area (Å²) in [6, 6.07) is 0. The van der Waals surface area contributed by atoms with E-state index in [1.165, 1.54) is 0 Å². The van der Waals surface area contributed by atoms with Crippen LogP contribution >= 0.6 is 0 Å². The molecule has 96 valence electrons. The van der Waals surface area contributed by atoms with Crippen LogP contribution in [-0.2, 0) is 19.4 Å². The lowest BCUT2D eigenvalue weighted by atomic mass is 10.5. The topological polar surface area (TPSA) is 60.4 Å². The number of esters is 1. The Morgan fingerprint density at radius 2 is 1.81 bits per heavy atom. The van der Waals surface area contributed by atoms with Gasteiger partial charge in [-0.05, 0) is 6.42 Å². The van der Waals surface area contributed by atoms with Crippen molar-refractivity contribution >= 4 is 15.8 Å². The molecule has 4 nitrogen and oxygen atoms in total. The third-order valence-electron chi connectivity index (χ3n) is 1.60. The van der Waals surface area contributed by atoms with E-state index in [0.29, 0.717) is 0 Å². The molecule has 0 aliphatic heterocycles. The highest BCUT2D eigenvalue weighted by atomic mass is 32.2. The first-order chi connectivity index (χ1) is 7.12. The smallest absolute Gasteiger partial charge is 0.390 e. The summed E-state index contributed by atoms with van der Waals surface area (Å²) in [4.78, 5) is 10.3. The fourth-order valence-corrected chi connectivity index (χ4v) is 2.17. The summed E-state index contributed by atoms with van der Waals surface area (Å²) in [5.74, 6) is -1.87. The van der Waals surface area contributed by atoms with Gasteiger partial charge >= 0.3 is 12.1 Å². The number of ether oxygens (including phenoxy) is 1. The molecule has 8 heteroatoms. The van der Waals surface area contributed by atoms with Crippen LogP contribution < -0.4 is 0 Å². The van der Waals surface area contributed by atoms with Crippen molar-refractivity contribution in [3.8, 4) is 0 Å². The highest BCUT2D eigenvalue weighted by Gasteiger charge is 2.29. The molecule has 0 bridgehead atoms. The number of halogens is 3. The Hall–Kier alpha value is -0.790. The highest BCUT2D eigenvalue weighted by molar-refractivity contribution is 7.91. The van der Waals surface area contributed by atoms with E-state index in [0.717, 1.165) is 6.92 Å². The molecule has 0 aromatic rings. The summed E-state index contributed by atoms with van der Waals surface area (Å²) in [6.07, 6.45) is -5.80. The van der Waals surface area contributed by atoms with Crippen LogP contribution in [0.2, 0.25) is 0 Å². The third kappa shape index (κ3) is 9.75. The number of carbonyl (C=O) groups is 1. The molecule has 0 radical (unpaired) electrons. The van der Waals surface area contributed by atoms with Crippen LogP contribution in [-0.4, -0.2) is 38.7 Å². The van der Waals surface area contributed by atoms with Gasteiger partial charge in [0.2, 0.25) is 0 Å². The summed E-state index contributed by atoms with van der Waals surface area (Å²) in [7, 11) is -3.72. The lowest BCUT2D eigenvalue weighted by molar-refractivity contribution is -0.140. The summed E-state index contributed by atoms with van der Waals surface area (Å²) < 4.78 is 61.9. The second kappa shape index (κ2) is 6.07. The molecule has 0 aromatic carbocycles. The monoisotopic (exact) mass is 262 g/mol. The minimum atomic E-state index is -4.47. The molecule has 0 rings (SSSR count). The predicted octanol–water partition coefficient (Wildman–Crippen LogP) is 1.31. The normalized spacial score (nSPS) is 12.5. The molecule has 0 saturated carbocycles. The van der Waals surface area contributed by atoms with Gasteiger partial charge in [-0.1, -0.05) is 0 Å². The number of hydrogen-bond donors (Lipinski definition) is 0. The van der Waals surface area contributed by atoms with E-state index in [1.807, 2.05) is 0 Å². The van der Waals surface area contributed by atoms with E-state index >= 15 is 0 Å². The van der Waals surface area contributed by atoms with Crippen molar-refractivity contribution in [2.24, 2.45) is 0 Å². The molecule has 0 fully saturated rings. The molecule has 0 unspecified atom stereocenters. The average Bonchev–Trinajstić information content (AvgIpc) is 2.08. The number of alkyl halides is 3. The van der Waals surface area contributed by atoms with Gasteiger partial charge in [0.1, 0.15) is 0 Å². The summed E-state index contributed by atoms with van der Waals surface area (Å²) in [5.41, 5.74) is 0. The number of rotatable bonds is 6. The van der Waals surface area contributed by atoms with Crippen LogP contribution in [0.15, 0.2) is 0 Å². The van der Waals surface area contributed by atoms with Crippen LogP contribution in [0.4, 0.5) is 13.2 Å². The van der Waals surface area contributed by atoms with Crippen molar-refractivity contribution < 1.29 is 31.1 Å². The Labute approximate surface area is 91.7 Å². The van der Waals surface area contributed by atoms with Crippen molar-refractivity contribution in [3.05, 3.63) is 0 Å². The van der Waals surface area contributed by atoms with Crippen LogP contribution in [0.1, 0.15) is 19.8 Å². The summed E-state index contributed by atoms with van der Waals surface area (Å²) in [6.45, 7) is 1.07. The minimum Gasteiger partial charge on any atom is -0.466 e. The zero-order chi connectivity index (χ0) is 12.8. The maximum atomic E-state index is 11.7. The van der Waals surface area contributed by atoms with Gasteiger partial charge in [0.05, 0.1) is 24.5 Å². The molecule has 0 heterocycles. The molecule has 0 N–H and O–H groups in total. The van der Waals surface area contributed by atoms with Crippen molar-refractivity contribution in [3.63, 3.8) is 0 Å². The van der Waals surface area contributed by atoms with Gasteiger partial charge in [0.15, 0.2) is 9.84 Å². The summed E-state index contributed by atoms with van der Waals surface area (Å²) >= 11 is 0. The van der Waals surface area contributed by atoms with Crippen LogP contribution in [0.3, 0.4) is 0 Å². The fourth-order valence-electron chi connectivity index (χ4n) is 0.868. The zero-order valence-corrected chi connectivity index (χ0v) is 9.53. The van der Waals surface area contributed by atoms with Crippen molar-refractivity contribution in [2.75, 3.05) is 18.1 Å². The van der Waals surface area contributed by atoms with Crippen molar-refractivity contribution in [1.29, 1.82) is 0 Å². The fraction of sp³-hybridized carbons (Fsp3) is 0.875. The predicted molar refractivity (Wildman–Crippen MR) is 50.6 cm³/mol. The van der Waals surface area contributed by atoms with E-state index in [4.69, 9.17) is 0 Å². The number of sulfone groups is 1. The standard InChI is InChI=1S/C8H13F3O4S/c1-7(12)15-4-2-5-16(13,14)6-3-8(9,10)11/h2-6H2,1H3. The molecule has 0 amide bonds. The van der Waals surface area contributed by atoms with Gasteiger partial charge in [0, 0.05) is 6.92 Å². The van der Waals surface area contributed by atoms with Gasteiger partial charge in [-0.3, -0.25) is 4.79 Å². The van der Waals surface area contributed by atoms with Gasteiger partial charge in [-0.15, -0.1) is 0 Å².